The number of methoxy groups -OCH3 is 1. The SMILES string of the molecule is COc1nn(C(C)Cc2ccc(C)cc2)c(=O)cc1-c1cc(Cl)ccc1C(C)=O. The van der Waals surface area contributed by atoms with Gasteiger partial charge in [0.05, 0.1) is 18.7 Å². The highest BCUT2D eigenvalue weighted by atomic mass is 35.5. The van der Waals surface area contributed by atoms with Gasteiger partial charge in [-0.25, -0.2) is 4.68 Å². The summed E-state index contributed by atoms with van der Waals surface area (Å²) in [5, 5.41) is 4.90. The van der Waals surface area contributed by atoms with Crippen molar-refractivity contribution in [3.8, 4) is 17.0 Å². The second-order valence-electron chi connectivity index (χ2n) is 7.13. The number of carbonyl (C=O) groups excluding carboxylic acids is 1. The molecular weight excluding hydrogens is 388 g/mol. The van der Waals surface area contributed by atoms with Crippen molar-refractivity contribution in [2.24, 2.45) is 0 Å². The molecule has 0 aliphatic heterocycles. The van der Waals surface area contributed by atoms with Gasteiger partial charge < -0.3 is 4.74 Å². The van der Waals surface area contributed by atoms with Crippen LogP contribution in [0.2, 0.25) is 5.02 Å². The van der Waals surface area contributed by atoms with E-state index in [4.69, 9.17) is 16.3 Å². The van der Waals surface area contributed by atoms with Crippen LogP contribution in [0.1, 0.15) is 41.4 Å². The number of Topliss-reactive ketones (excluding diaryl/α,β-unsaturated/α-hetero) is 1. The summed E-state index contributed by atoms with van der Waals surface area (Å²) in [6.07, 6.45) is 0.658. The fourth-order valence-electron chi connectivity index (χ4n) is 3.31. The van der Waals surface area contributed by atoms with Crippen molar-refractivity contribution in [2.45, 2.75) is 33.2 Å². The Labute approximate surface area is 174 Å². The third-order valence-corrected chi connectivity index (χ3v) is 5.07. The average molecular weight is 411 g/mol. The highest BCUT2D eigenvalue weighted by molar-refractivity contribution is 6.31. The molecule has 0 saturated carbocycles. The number of benzene rings is 2. The van der Waals surface area contributed by atoms with Gasteiger partial charge in [0.2, 0.25) is 5.88 Å². The van der Waals surface area contributed by atoms with Crippen LogP contribution in [0.5, 0.6) is 5.88 Å². The highest BCUT2D eigenvalue weighted by Gasteiger charge is 2.19. The first-order chi connectivity index (χ1) is 13.8. The van der Waals surface area contributed by atoms with Crippen LogP contribution >= 0.6 is 11.6 Å². The lowest BCUT2D eigenvalue weighted by Crippen LogP contribution is -2.27. The second-order valence-corrected chi connectivity index (χ2v) is 7.57. The molecule has 0 saturated heterocycles. The van der Waals surface area contributed by atoms with Gasteiger partial charge >= 0.3 is 0 Å². The molecule has 29 heavy (non-hydrogen) atoms. The normalized spacial score (nSPS) is 11.9. The Bertz CT molecular complexity index is 1100. The van der Waals surface area contributed by atoms with Gasteiger partial charge in [0.1, 0.15) is 0 Å². The molecule has 0 aliphatic rings. The molecule has 0 bridgehead atoms. The van der Waals surface area contributed by atoms with E-state index in [2.05, 4.69) is 5.10 Å². The van der Waals surface area contributed by atoms with Crippen LogP contribution in [0.15, 0.2) is 53.3 Å². The Balaban J connectivity index is 2.05. The van der Waals surface area contributed by atoms with Gasteiger partial charge in [-0.3, -0.25) is 9.59 Å². The summed E-state index contributed by atoms with van der Waals surface area (Å²) in [6, 6.07) is 14.4. The van der Waals surface area contributed by atoms with Crippen LogP contribution in [-0.2, 0) is 6.42 Å². The van der Waals surface area contributed by atoms with Gasteiger partial charge in [-0.05, 0) is 56.5 Å². The van der Waals surface area contributed by atoms with E-state index >= 15 is 0 Å². The maximum Gasteiger partial charge on any atom is 0.267 e. The van der Waals surface area contributed by atoms with E-state index in [0.29, 0.717) is 28.1 Å². The molecule has 5 nitrogen and oxygen atoms in total. The second kappa shape index (κ2) is 8.62. The first-order valence-electron chi connectivity index (χ1n) is 9.34. The van der Waals surface area contributed by atoms with Crippen molar-refractivity contribution in [1.82, 2.24) is 9.78 Å². The number of carbonyl (C=O) groups is 1. The minimum atomic E-state index is -0.269. The fourth-order valence-corrected chi connectivity index (χ4v) is 3.48. The molecule has 150 valence electrons. The molecule has 1 unspecified atom stereocenters. The molecule has 0 fully saturated rings. The van der Waals surface area contributed by atoms with E-state index in [0.717, 1.165) is 5.56 Å². The third-order valence-electron chi connectivity index (χ3n) is 4.84. The molecule has 1 heterocycles. The van der Waals surface area contributed by atoms with Gasteiger partial charge in [0, 0.05) is 16.7 Å². The Hall–Kier alpha value is -2.92. The number of ketones is 1. The first kappa shape index (κ1) is 20.8. The molecule has 6 heteroatoms. The van der Waals surface area contributed by atoms with Gasteiger partial charge in [-0.2, -0.15) is 0 Å². The Morgan fingerprint density at radius 3 is 2.45 bits per heavy atom. The van der Waals surface area contributed by atoms with Crippen molar-refractivity contribution >= 4 is 17.4 Å². The van der Waals surface area contributed by atoms with E-state index in [1.54, 1.807) is 18.2 Å². The summed E-state index contributed by atoms with van der Waals surface area (Å²) >= 11 is 6.13. The summed E-state index contributed by atoms with van der Waals surface area (Å²) in [4.78, 5) is 24.9. The Kier molecular flexibility index (Phi) is 6.18. The molecule has 2 aromatic carbocycles. The van der Waals surface area contributed by atoms with Crippen LogP contribution in [0.3, 0.4) is 0 Å². The van der Waals surface area contributed by atoms with Gasteiger partial charge in [0.25, 0.3) is 5.56 Å². The zero-order valence-electron chi connectivity index (χ0n) is 16.9. The lowest BCUT2D eigenvalue weighted by molar-refractivity contribution is 0.101. The smallest absolute Gasteiger partial charge is 0.267 e. The molecule has 3 aromatic rings. The summed E-state index contributed by atoms with van der Waals surface area (Å²) in [6.45, 7) is 5.44. The third kappa shape index (κ3) is 4.57. The quantitative estimate of drug-likeness (QED) is 0.543. The van der Waals surface area contributed by atoms with Crippen molar-refractivity contribution in [1.29, 1.82) is 0 Å². The number of halogens is 1. The van der Waals surface area contributed by atoms with Crippen molar-refractivity contribution in [3.05, 3.63) is 80.6 Å². The predicted molar refractivity (Wildman–Crippen MR) is 115 cm³/mol. The molecule has 0 radical (unpaired) electrons. The maximum absolute atomic E-state index is 12.9. The van der Waals surface area contributed by atoms with Crippen LogP contribution < -0.4 is 10.3 Å². The molecule has 1 aromatic heterocycles. The minimum Gasteiger partial charge on any atom is -0.480 e. The Morgan fingerprint density at radius 1 is 1.14 bits per heavy atom. The van der Waals surface area contributed by atoms with Crippen LogP contribution in [0.4, 0.5) is 0 Å². The lowest BCUT2D eigenvalue weighted by Gasteiger charge is -2.17. The van der Waals surface area contributed by atoms with Gasteiger partial charge in [-0.15, -0.1) is 5.10 Å². The number of hydrogen-bond acceptors (Lipinski definition) is 4. The summed E-state index contributed by atoms with van der Waals surface area (Å²) < 4.78 is 6.88. The standard InChI is InChI=1S/C23H23ClN2O3/c1-14-5-7-17(8-6-14)11-15(2)26-22(28)13-21(23(25-26)29-4)20-12-18(24)9-10-19(20)16(3)27/h5-10,12-13,15H,11H2,1-4H3. The molecule has 1 atom stereocenters. The van der Waals surface area contributed by atoms with E-state index in [9.17, 15) is 9.59 Å². The van der Waals surface area contributed by atoms with Crippen LogP contribution in [0.25, 0.3) is 11.1 Å². The van der Waals surface area contributed by atoms with Crippen LogP contribution in [-0.4, -0.2) is 22.7 Å². The summed E-state index contributed by atoms with van der Waals surface area (Å²) in [7, 11) is 1.49. The molecule has 0 spiro atoms. The molecule has 0 aliphatic carbocycles. The molecule has 3 rings (SSSR count). The minimum absolute atomic E-state index is 0.129. The number of aryl methyl sites for hydroxylation is 1. The zero-order valence-corrected chi connectivity index (χ0v) is 17.7. The largest absolute Gasteiger partial charge is 0.480 e. The fraction of sp³-hybridized carbons (Fsp3) is 0.261. The predicted octanol–water partition coefficient (Wildman–Crippen LogP) is 4.89. The number of aromatic nitrogens is 2. The van der Waals surface area contributed by atoms with Crippen molar-refractivity contribution < 1.29 is 9.53 Å². The topological polar surface area (TPSA) is 61.2 Å². The highest BCUT2D eigenvalue weighted by Crippen LogP contribution is 2.32. The average Bonchev–Trinajstić information content (AvgIpc) is 2.69. The van der Waals surface area contributed by atoms with E-state index in [1.165, 1.54) is 30.3 Å². The first-order valence-corrected chi connectivity index (χ1v) is 9.72. The summed E-state index contributed by atoms with van der Waals surface area (Å²) in [5.74, 6) is 0.140. The lowest BCUT2D eigenvalue weighted by atomic mass is 9.98. The Morgan fingerprint density at radius 2 is 1.83 bits per heavy atom. The van der Waals surface area contributed by atoms with Crippen molar-refractivity contribution in [3.63, 3.8) is 0 Å². The van der Waals surface area contributed by atoms with E-state index in [1.807, 2.05) is 38.1 Å². The van der Waals surface area contributed by atoms with E-state index < -0.39 is 0 Å². The van der Waals surface area contributed by atoms with Crippen LogP contribution in [0, 0.1) is 6.92 Å². The number of nitrogens with zero attached hydrogens (tertiary/aromatic N) is 2. The van der Waals surface area contributed by atoms with Gasteiger partial charge in [0.15, 0.2) is 5.78 Å². The number of hydrogen-bond donors (Lipinski definition) is 0. The number of rotatable bonds is 6. The zero-order chi connectivity index (χ0) is 21.1. The molecule has 0 N–H and O–H groups in total. The van der Waals surface area contributed by atoms with Crippen molar-refractivity contribution in [2.75, 3.05) is 7.11 Å². The molecular formula is C23H23ClN2O3. The monoisotopic (exact) mass is 410 g/mol. The maximum atomic E-state index is 12.9. The number of ether oxygens (including phenoxy) is 1. The van der Waals surface area contributed by atoms with Gasteiger partial charge in [-0.1, -0.05) is 41.4 Å². The molecule has 0 amide bonds. The van der Waals surface area contributed by atoms with E-state index in [-0.39, 0.29) is 23.3 Å². The summed E-state index contributed by atoms with van der Waals surface area (Å²) in [5.41, 5.74) is 3.47.